The summed E-state index contributed by atoms with van der Waals surface area (Å²) < 4.78 is 5.97. The van der Waals surface area contributed by atoms with Crippen LogP contribution in [0, 0.1) is 23.2 Å². The monoisotopic (exact) mass is 429 g/mol. The quantitative estimate of drug-likeness (QED) is 0.591. The average molecular weight is 430 g/mol. The lowest BCUT2D eigenvalue weighted by Crippen LogP contribution is -3.15. The molecule has 2 saturated carbocycles. The first-order chi connectivity index (χ1) is 14.4. The van der Waals surface area contributed by atoms with Crippen LogP contribution in [0.1, 0.15) is 39.0 Å². The highest BCUT2D eigenvalue weighted by Crippen LogP contribution is 2.56. The number of nitrogens with one attached hydrogen (secondary N) is 1. The molecule has 5 rings (SSSR count). The molecule has 5 heteroatoms. The SMILES string of the molecule is C=C1CCC[C@@]2(C)C[C@H]3OC(=O)[C@@H](C[NH+]4CCN(c5ccc(Cl)cc5)CC4)[C@@H]3C[C@@H]12. The van der Waals surface area contributed by atoms with Gasteiger partial charge in [-0.1, -0.05) is 30.7 Å². The minimum Gasteiger partial charge on any atom is -0.462 e. The highest BCUT2D eigenvalue weighted by molar-refractivity contribution is 6.30. The molecular formula is C25H34ClN2O2+. The summed E-state index contributed by atoms with van der Waals surface area (Å²) in [5.74, 6) is 1.07. The van der Waals surface area contributed by atoms with Gasteiger partial charge in [-0.3, -0.25) is 4.79 Å². The van der Waals surface area contributed by atoms with Gasteiger partial charge < -0.3 is 14.5 Å². The Kier molecular flexibility index (Phi) is 5.35. The van der Waals surface area contributed by atoms with E-state index < -0.39 is 0 Å². The van der Waals surface area contributed by atoms with Crippen molar-refractivity contribution in [2.24, 2.45) is 23.2 Å². The molecule has 0 unspecified atom stereocenters. The molecule has 1 aromatic rings. The number of hydrogen-bond donors (Lipinski definition) is 1. The lowest BCUT2D eigenvalue weighted by atomic mass is 9.55. The first kappa shape index (κ1) is 20.4. The summed E-state index contributed by atoms with van der Waals surface area (Å²) in [4.78, 5) is 16.8. The number of nitrogens with zero attached hydrogens (tertiary/aromatic N) is 1. The van der Waals surface area contributed by atoms with E-state index in [1.165, 1.54) is 24.1 Å². The standard InChI is InChI=1S/C25H33ClN2O2/c1-17-4-3-9-25(2)15-23-20(14-22(17)25)21(24(29)30-23)16-27-10-12-28(13-11-27)19-7-5-18(26)6-8-19/h5-8,20-23H,1,3-4,9-16H2,2H3/p+1/t20-,21-,22-,23+,25-/m0/s1. The molecule has 0 aromatic heterocycles. The maximum atomic E-state index is 12.8. The van der Waals surface area contributed by atoms with Gasteiger partial charge >= 0.3 is 5.97 Å². The smallest absolute Gasteiger partial charge is 0.315 e. The van der Waals surface area contributed by atoms with Gasteiger partial charge in [0.15, 0.2) is 0 Å². The summed E-state index contributed by atoms with van der Waals surface area (Å²) in [5, 5.41) is 0.779. The van der Waals surface area contributed by atoms with Crippen molar-refractivity contribution in [1.82, 2.24) is 0 Å². The molecule has 0 radical (unpaired) electrons. The zero-order chi connectivity index (χ0) is 20.9. The van der Waals surface area contributed by atoms with Crippen LogP contribution in [-0.2, 0) is 9.53 Å². The van der Waals surface area contributed by atoms with E-state index in [4.69, 9.17) is 16.3 Å². The van der Waals surface area contributed by atoms with Gasteiger partial charge in [0.1, 0.15) is 12.0 Å². The maximum absolute atomic E-state index is 12.8. The number of ether oxygens (including phenoxy) is 1. The van der Waals surface area contributed by atoms with Gasteiger partial charge in [0.2, 0.25) is 0 Å². The molecule has 0 amide bonds. The van der Waals surface area contributed by atoms with Gasteiger partial charge in [0.25, 0.3) is 0 Å². The van der Waals surface area contributed by atoms with E-state index in [1.807, 2.05) is 12.1 Å². The minimum absolute atomic E-state index is 0.0606. The van der Waals surface area contributed by atoms with Crippen molar-refractivity contribution in [1.29, 1.82) is 0 Å². The number of benzene rings is 1. The summed E-state index contributed by atoms with van der Waals surface area (Å²) in [6, 6.07) is 8.12. The van der Waals surface area contributed by atoms with E-state index in [0.717, 1.165) is 57.0 Å². The topological polar surface area (TPSA) is 34.0 Å². The van der Waals surface area contributed by atoms with Crippen LogP contribution in [0.5, 0.6) is 0 Å². The summed E-state index contributed by atoms with van der Waals surface area (Å²) in [7, 11) is 0. The third-order valence-corrected chi connectivity index (χ3v) is 8.74. The normalized spacial score (nSPS) is 36.9. The zero-order valence-electron chi connectivity index (χ0n) is 18.0. The lowest BCUT2D eigenvalue weighted by Gasteiger charge is -2.50. The van der Waals surface area contributed by atoms with E-state index in [2.05, 4.69) is 30.5 Å². The molecule has 162 valence electrons. The molecule has 1 aromatic carbocycles. The number of fused-ring (bicyclic) bond motifs is 2. The summed E-state index contributed by atoms with van der Waals surface area (Å²) in [5.41, 5.74) is 2.94. The molecule has 2 aliphatic heterocycles. The second kappa shape index (κ2) is 7.87. The Hall–Kier alpha value is -1.52. The van der Waals surface area contributed by atoms with Gasteiger partial charge in [0, 0.05) is 16.6 Å². The highest BCUT2D eigenvalue weighted by atomic mass is 35.5. The molecule has 0 spiro atoms. The van der Waals surface area contributed by atoms with Crippen LogP contribution >= 0.6 is 11.6 Å². The number of rotatable bonds is 3. The van der Waals surface area contributed by atoms with Crippen LogP contribution in [0.3, 0.4) is 0 Å². The largest absolute Gasteiger partial charge is 0.462 e. The van der Waals surface area contributed by atoms with E-state index >= 15 is 0 Å². The molecule has 30 heavy (non-hydrogen) atoms. The van der Waals surface area contributed by atoms with Gasteiger partial charge in [-0.15, -0.1) is 0 Å². The lowest BCUT2D eigenvalue weighted by molar-refractivity contribution is -0.903. The number of carbonyl (C=O) groups is 1. The Bertz CT molecular complexity index is 817. The van der Waals surface area contributed by atoms with Crippen molar-refractivity contribution in [3.05, 3.63) is 41.4 Å². The van der Waals surface area contributed by atoms with E-state index in [-0.39, 0.29) is 23.4 Å². The first-order valence-electron chi connectivity index (χ1n) is 11.7. The number of quaternary nitrogens is 1. The van der Waals surface area contributed by atoms with E-state index in [0.29, 0.717) is 11.8 Å². The fourth-order valence-electron chi connectivity index (χ4n) is 6.74. The van der Waals surface area contributed by atoms with Crippen molar-refractivity contribution < 1.29 is 14.4 Å². The van der Waals surface area contributed by atoms with Crippen molar-refractivity contribution >= 4 is 23.3 Å². The molecule has 5 atom stereocenters. The van der Waals surface area contributed by atoms with Gasteiger partial charge in [-0.2, -0.15) is 0 Å². The fraction of sp³-hybridized carbons (Fsp3) is 0.640. The Morgan fingerprint density at radius 1 is 1.27 bits per heavy atom. The third-order valence-electron chi connectivity index (χ3n) is 8.49. The van der Waals surface area contributed by atoms with Crippen LogP contribution in [0.25, 0.3) is 0 Å². The van der Waals surface area contributed by atoms with E-state index in [1.54, 1.807) is 4.90 Å². The average Bonchev–Trinajstić information content (AvgIpc) is 3.01. The summed E-state index contributed by atoms with van der Waals surface area (Å²) in [6.45, 7) is 11.9. The van der Waals surface area contributed by atoms with Crippen LogP contribution in [0.2, 0.25) is 5.02 Å². The van der Waals surface area contributed by atoms with E-state index in [9.17, 15) is 4.79 Å². The van der Waals surface area contributed by atoms with Crippen molar-refractivity contribution in [3.63, 3.8) is 0 Å². The zero-order valence-corrected chi connectivity index (χ0v) is 18.8. The predicted octanol–water partition coefficient (Wildman–Crippen LogP) is 3.36. The molecule has 2 saturated heterocycles. The molecular weight excluding hydrogens is 396 g/mol. The maximum Gasteiger partial charge on any atom is 0.315 e. The highest BCUT2D eigenvalue weighted by Gasteiger charge is 2.56. The van der Waals surface area contributed by atoms with Crippen molar-refractivity contribution in [2.75, 3.05) is 37.6 Å². The minimum atomic E-state index is 0.0606. The Morgan fingerprint density at radius 3 is 2.73 bits per heavy atom. The fourth-order valence-corrected chi connectivity index (χ4v) is 6.86. The van der Waals surface area contributed by atoms with Crippen LogP contribution in [-0.4, -0.2) is 44.8 Å². The summed E-state index contributed by atoms with van der Waals surface area (Å²) in [6.07, 6.45) is 5.91. The molecule has 4 fully saturated rings. The van der Waals surface area contributed by atoms with Crippen molar-refractivity contribution in [2.45, 2.75) is 45.1 Å². The molecule has 4 nitrogen and oxygen atoms in total. The van der Waals surface area contributed by atoms with Gasteiger partial charge in [0.05, 0.1) is 32.7 Å². The number of allylic oxidation sites excluding steroid dienone is 1. The van der Waals surface area contributed by atoms with Gasteiger partial charge in [-0.05, 0) is 67.7 Å². The second-order valence-electron chi connectivity index (χ2n) is 10.3. The molecule has 4 aliphatic rings. The molecule has 2 aliphatic carbocycles. The Balaban J connectivity index is 1.22. The second-order valence-corrected chi connectivity index (χ2v) is 10.8. The number of anilines is 1. The Morgan fingerprint density at radius 2 is 2.00 bits per heavy atom. The number of esters is 1. The number of piperazine rings is 1. The number of halogens is 1. The van der Waals surface area contributed by atoms with Crippen LogP contribution in [0.4, 0.5) is 5.69 Å². The Labute approximate surface area is 185 Å². The molecule has 1 N–H and O–H groups in total. The van der Waals surface area contributed by atoms with Crippen LogP contribution in [0.15, 0.2) is 36.4 Å². The number of hydrogen-bond acceptors (Lipinski definition) is 3. The van der Waals surface area contributed by atoms with Gasteiger partial charge in [-0.25, -0.2) is 0 Å². The predicted molar refractivity (Wildman–Crippen MR) is 120 cm³/mol. The van der Waals surface area contributed by atoms with Crippen molar-refractivity contribution in [3.8, 4) is 0 Å². The number of carbonyl (C=O) groups excluding carboxylic acids is 1. The van der Waals surface area contributed by atoms with Crippen LogP contribution < -0.4 is 9.80 Å². The first-order valence-corrected chi connectivity index (χ1v) is 12.0. The molecule has 0 bridgehead atoms. The molecule has 2 heterocycles. The summed E-state index contributed by atoms with van der Waals surface area (Å²) >= 11 is 6.03. The third kappa shape index (κ3) is 3.67.